The van der Waals surface area contributed by atoms with Gasteiger partial charge in [-0.1, -0.05) is 12.1 Å². The largest absolute Gasteiger partial charge is 0.493 e. The summed E-state index contributed by atoms with van der Waals surface area (Å²) in [4.78, 5) is 26.6. The molecule has 1 aromatic carbocycles. The molecule has 3 amide bonds. The number of ether oxygens (including phenoxy) is 2. The second-order valence-corrected chi connectivity index (χ2v) is 6.52. The summed E-state index contributed by atoms with van der Waals surface area (Å²) < 4.78 is 10.7. The molecule has 2 atom stereocenters. The molecule has 0 aliphatic carbocycles. The molecule has 0 spiro atoms. The Bertz CT molecular complexity index is 677. The van der Waals surface area contributed by atoms with Gasteiger partial charge in [0.1, 0.15) is 0 Å². The van der Waals surface area contributed by atoms with Crippen LogP contribution < -0.4 is 20.1 Å². The van der Waals surface area contributed by atoms with Crippen molar-refractivity contribution >= 4 is 11.9 Å². The minimum absolute atomic E-state index is 0.0284. The molecule has 0 unspecified atom stereocenters. The Kier molecular flexibility index (Phi) is 7.52. The highest BCUT2D eigenvalue weighted by Crippen LogP contribution is 2.35. The molecule has 148 valence electrons. The highest BCUT2D eigenvalue weighted by atomic mass is 16.5. The highest BCUT2D eigenvalue weighted by molar-refractivity contribution is 5.81. The second kappa shape index (κ2) is 9.85. The Hall–Kier alpha value is -2.70. The zero-order valence-electron chi connectivity index (χ0n) is 16.3. The molecule has 7 heteroatoms. The van der Waals surface area contributed by atoms with Crippen molar-refractivity contribution in [2.24, 2.45) is 5.92 Å². The van der Waals surface area contributed by atoms with E-state index in [0.29, 0.717) is 44.1 Å². The van der Waals surface area contributed by atoms with Gasteiger partial charge in [-0.3, -0.25) is 4.79 Å². The predicted octanol–water partition coefficient (Wildman–Crippen LogP) is 2.14. The third kappa shape index (κ3) is 5.15. The van der Waals surface area contributed by atoms with Gasteiger partial charge in [-0.2, -0.15) is 0 Å². The zero-order chi connectivity index (χ0) is 19.8. The van der Waals surface area contributed by atoms with Crippen molar-refractivity contribution in [3.63, 3.8) is 0 Å². The minimum atomic E-state index is -0.278. The topological polar surface area (TPSA) is 79.9 Å². The van der Waals surface area contributed by atoms with Gasteiger partial charge < -0.3 is 25.0 Å². The van der Waals surface area contributed by atoms with Crippen LogP contribution in [0, 0.1) is 5.92 Å². The van der Waals surface area contributed by atoms with Crippen molar-refractivity contribution in [2.75, 3.05) is 40.4 Å². The first-order chi connectivity index (χ1) is 13.0. The molecule has 0 aromatic heterocycles. The number of hydrogen-bond donors (Lipinski definition) is 2. The summed E-state index contributed by atoms with van der Waals surface area (Å²) in [6.45, 7) is 7.41. The zero-order valence-corrected chi connectivity index (χ0v) is 16.3. The van der Waals surface area contributed by atoms with Crippen molar-refractivity contribution in [3.8, 4) is 11.5 Å². The van der Waals surface area contributed by atoms with Crippen LogP contribution in [0.4, 0.5) is 4.79 Å². The van der Waals surface area contributed by atoms with Crippen LogP contribution in [0.5, 0.6) is 11.5 Å². The third-order valence-electron chi connectivity index (χ3n) is 4.74. The van der Waals surface area contributed by atoms with Crippen molar-refractivity contribution < 1.29 is 19.1 Å². The van der Waals surface area contributed by atoms with Gasteiger partial charge >= 0.3 is 6.03 Å². The molecule has 1 aliphatic rings. The first kappa shape index (κ1) is 20.6. The molecule has 1 fully saturated rings. The highest BCUT2D eigenvalue weighted by Gasteiger charge is 2.34. The molecule has 0 saturated carbocycles. The summed E-state index contributed by atoms with van der Waals surface area (Å²) in [6, 6.07) is 5.59. The second-order valence-electron chi connectivity index (χ2n) is 6.52. The molecule has 27 heavy (non-hydrogen) atoms. The van der Waals surface area contributed by atoms with Crippen LogP contribution in [-0.4, -0.2) is 57.2 Å². The third-order valence-corrected chi connectivity index (χ3v) is 4.74. The monoisotopic (exact) mass is 375 g/mol. The number of benzene rings is 1. The molecule has 1 saturated heterocycles. The molecule has 0 bridgehead atoms. The molecular formula is C20H29N3O4. The van der Waals surface area contributed by atoms with E-state index in [2.05, 4.69) is 17.2 Å². The molecule has 0 radical (unpaired) electrons. The van der Waals surface area contributed by atoms with Crippen LogP contribution in [0.3, 0.4) is 0 Å². The Morgan fingerprint density at radius 3 is 2.59 bits per heavy atom. The number of methoxy groups -OCH3 is 2. The average Bonchev–Trinajstić information content (AvgIpc) is 2.71. The first-order valence-corrected chi connectivity index (χ1v) is 9.17. The number of hydrogen-bond acceptors (Lipinski definition) is 4. The number of carbonyl (C=O) groups is 2. The fourth-order valence-corrected chi connectivity index (χ4v) is 3.38. The summed E-state index contributed by atoms with van der Waals surface area (Å²) >= 11 is 0. The van der Waals surface area contributed by atoms with Crippen LogP contribution >= 0.6 is 0 Å². The van der Waals surface area contributed by atoms with Crippen molar-refractivity contribution in [1.82, 2.24) is 15.5 Å². The predicted molar refractivity (Wildman–Crippen MR) is 104 cm³/mol. The van der Waals surface area contributed by atoms with Gasteiger partial charge in [0.25, 0.3) is 0 Å². The normalized spacial score (nSPS) is 19.1. The van der Waals surface area contributed by atoms with E-state index in [1.165, 1.54) is 0 Å². The molecule has 2 rings (SSSR count). The summed E-state index contributed by atoms with van der Waals surface area (Å²) in [6.07, 6.45) is 2.31. The summed E-state index contributed by atoms with van der Waals surface area (Å²) in [7, 11) is 3.18. The standard InChI is InChI=1S/C20H29N3O4/c1-5-9-22-19(24)16-10-15(12-23(13-16)20(25)21-6-2)14-7-8-17(26-3)18(11-14)27-4/h5,7-8,11,15-16H,1,6,9-10,12-13H2,2-4H3,(H,21,25)(H,22,24)/t15-,16+/m1/s1. The van der Waals surface area contributed by atoms with Gasteiger partial charge in [-0.25, -0.2) is 4.79 Å². The molecule has 2 N–H and O–H groups in total. The summed E-state index contributed by atoms with van der Waals surface area (Å²) in [5.74, 6) is 0.977. The molecule has 7 nitrogen and oxygen atoms in total. The number of amides is 3. The Morgan fingerprint density at radius 2 is 1.96 bits per heavy atom. The number of carbonyl (C=O) groups excluding carboxylic acids is 2. The van der Waals surface area contributed by atoms with Crippen LogP contribution in [0.15, 0.2) is 30.9 Å². The first-order valence-electron chi connectivity index (χ1n) is 9.17. The average molecular weight is 375 g/mol. The fraction of sp³-hybridized carbons (Fsp3) is 0.500. The van der Waals surface area contributed by atoms with Gasteiger partial charge in [0.2, 0.25) is 5.91 Å². The maximum atomic E-state index is 12.5. The van der Waals surface area contributed by atoms with E-state index in [4.69, 9.17) is 9.47 Å². The summed E-state index contributed by atoms with van der Waals surface area (Å²) in [5, 5.41) is 5.67. The van der Waals surface area contributed by atoms with Gasteiger partial charge in [-0.05, 0) is 31.0 Å². The van der Waals surface area contributed by atoms with Gasteiger partial charge in [0.15, 0.2) is 11.5 Å². The van der Waals surface area contributed by atoms with Gasteiger partial charge in [-0.15, -0.1) is 6.58 Å². The Labute approximate surface area is 160 Å². The van der Waals surface area contributed by atoms with E-state index in [0.717, 1.165) is 5.56 Å². The fourth-order valence-electron chi connectivity index (χ4n) is 3.38. The van der Waals surface area contributed by atoms with E-state index in [-0.39, 0.29) is 23.8 Å². The number of rotatable bonds is 7. The van der Waals surface area contributed by atoms with Crippen molar-refractivity contribution in [1.29, 1.82) is 0 Å². The van der Waals surface area contributed by atoms with Crippen LogP contribution in [-0.2, 0) is 4.79 Å². The van der Waals surface area contributed by atoms with Crippen LogP contribution in [0.1, 0.15) is 24.8 Å². The lowest BCUT2D eigenvalue weighted by Crippen LogP contribution is -2.51. The van der Waals surface area contributed by atoms with E-state index < -0.39 is 0 Å². The van der Waals surface area contributed by atoms with Gasteiger partial charge in [0.05, 0.1) is 20.1 Å². The lowest BCUT2D eigenvalue weighted by molar-refractivity contribution is -0.126. The maximum Gasteiger partial charge on any atom is 0.317 e. The number of nitrogens with one attached hydrogen (secondary N) is 2. The maximum absolute atomic E-state index is 12.5. The molecule has 1 aromatic rings. The number of urea groups is 1. The lowest BCUT2D eigenvalue weighted by atomic mass is 9.84. The minimum Gasteiger partial charge on any atom is -0.493 e. The molecule has 1 heterocycles. The number of piperidine rings is 1. The quantitative estimate of drug-likeness (QED) is 0.716. The molecular weight excluding hydrogens is 346 g/mol. The van der Waals surface area contributed by atoms with E-state index in [1.807, 2.05) is 25.1 Å². The smallest absolute Gasteiger partial charge is 0.317 e. The number of likely N-dealkylation sites (tertiary alicyclic amines) is 1. The van der Waals surface area contributed by atoms with Crippen LogP contribution in [0.2, 0.25) is 0 Å². The SMILES string of the molecule is C=CCNC(=O)[C@H]1C[C@@H](c2ccc(OC)c(OC)c2)CN(C(=O)NCC)C1. The Morgan fingerprint density at radius 1 is 1.22 bits per heavy atom. The summed E-state index contributed by atoms with van der Waals surface area (Å²) in [5.41, 5.74) is 1.02. The van der Waals surface area contributed by atoms with Crippen LogP contribution in [0.25, 0.3) is 0 Å². The van der Waals surface area contributed by atoms with Crippen molar-refractivity contribution in [2.45, 2.75) is 19.3 Å². The van der Waals surface area contributed by atoms with E-state index >= 15 is 0 Å². The van der Waals surface area contributed by atoms with E-state index in [1.54, 1.807) is 25.2 Å². The van der Waals surface area contributed by atoms with Gasteiger partial charge in [0, 0.05) is 32.1 Å². The van der Waals surface area contributed by atoms with Crippen molar-refractivity contribution in [3.05, 3.63) is 36.4 Å². The lowest BCUT2D eigenvalue weighted by Gasteiger charge is -2.37. The molecule has 1 aliphatic heterocycles. The van der Waals surface area contributed by atoms with E-state index in [9.17, 15) is 9.59 Å². The Balaban J connectivity index is 2.26. The number of nitrogens with zero attached hydrogens (tertiary/aromatic N) is 1.